The summed E-state index contributed by atoms with van der Waals surface area (Å²) in [4.78, 5) is 0.641. The van der Waals surface area contributed by atoms with E-state index in [2.05, 4.69) is 20.3 Å². The number of methoxy groups -OCH3 is 2. The van der Waals surface area contributed by atoms with Gasteiger partial charge in [-0.15, -0.1) is 10.0 Å². The lowest BCUT2D eigenvalue weighted by Crippen LogP contribution is -2.08. The van der Waals surface area contributed by atoms with Crippen LogP contribution in [-0.2, 0) is 0 Å². The maximum absolute atomic E-state index is 13.1. The zero-order valence-corrected chi connectivity index (χ0v) is 18.2. The van der Waals surface area contributed by atoms with Crippen LogP contribution in [0.15, 0.2) is 52.0 Å². The molecular formula is C20H18F3N5O4S. The smallest absolute Gasteiger partial charge is 0.272 e. The maximum atomic E-state index is 13.1. The third-order valence-electron chi connectivity index (χ3n) is 4.39. The molecule has 0 aliphatic rings. The van der Waals surface area contributed by atoms with E-state index >= 15 is 0 Å². The Kier molecular flexibility index (Phi) is 6.68. The summed E-state index contributed by atoms with van der Waals surface area (Å²) < 4.78 is 62.7. The molecule has 9 nitrogen and oxygen atoms in total. The highest BCUT2D eigenvalue weighted by molar-refractivity contribution is 8.00. The Balaban J connectivity index is 1.59. The van der Waals surface area contributed by atoms with E-state index in [0.717, 1.165) is 18.1 Å². The third kappa shape index (κ3) is 5.03. The van der Waals surface area contributed by atoms with Gasteiger partial charge < -0.3 is 28.8 Å². The second kappa shape index (κ2) is 9.81. The number of ether oxygens (including phenoxy) is 3. The van der Waals surface area contributed by atoms with Gasteiger partial charge in [0.1, 0.15) is 28.8 Å². The third-order valence-corrected chi connectivity index (χ3v) is 5.29. The molecule has 13 heteroatoms. The molecule has 0 bridgehead atoms. The fraction of sp³-hybridized carbons (Fsp3) is 0.200. The Hall–Kier alpha value is -3.74. The van der Waals surface area contributed by atoms with Crippen LogP contribution in [0.1, 0.15) is 0 Å². The van der Waals surface area contributed by atoms with Crippen molar-refractivity contribution >= 4 is 40.2 Å². The van der Waals surface area contributed by atoms with Crippen molar-refractivity contribution in [1.29, 1.82) is 0 Å². The highest BCUT2D eigenvalue weighted by Gasteiger charge is 2.18. The molecule has 0 radical (unpaired) electrons. The first-order valence-corrected chi connectivity index (χ1v) is 10.3. The van der Waals surface area contributed by atoms with Crippen molar-refractivity contribution < 1.29 is 32.0 Å². The number of anilines is 3. The quantitative estimate of drug-likeness (QED) is 0.293. The van der Waals surface area contributed by atoms with Crippen molar-refractivity contribution in [2.24, 2.45) is 0 Å². The van der Waals surface area contributed by atoms with E-state index in [4.69, 9.17) is 18.7 Å². The van der Waals surface area contributed by atoms with Crippen molar-refractivity contribution in [3.8, 4) is 17.2 Å². The van der Waals surface area contributed by atoms with Crippen LogP contribution >= 0.6 is 11.9 Å². The summed E-state index contributed by atoms with van der Waals surface area (Å²) in [5.74, 6) is 1.74. The van der Waals surface area contributed by atoms with Gasteiger partial charge in [-0.05, 0) is 30.1 Å². The lowest BCUT2D eigenvalue weighted by molar-refractivity contribution is 0.0803. The number of hydrogen-bond acceptors (Lipinski definition) is 9. The van der Waals surface area contributed by atoms with Gasteiger partial charge in [0, 0.05) is 12.1 Å². The van der Waals surface area contributed by atoms with Crippen molar-refractivity contribution in [3.63, 3.8) is 0 Å². The number of hydrogen-bond donors (Lipinski definition) is 2. The van der Waals surface area contributed by atoms with E-state index in [-0.39, 0.29) is 16.5 Å². The van der Waals surface area contributed by atoms with Crippen LogP contribution in [0.25, 0.3) is 11.0 Å². The van der Waals surface area contributed by atoms with E-state index < -0.39 is 13.0 Å². The van der Waals surface area contributed by atoms with Gasteiger partial charge in [0.2, 0.25) is 0 Å². The van der Waals surface area contributed by atoms with Gasteiger partial charge in [-0.2, -0.15) is 0 Å². The monoisotopic (exact) mass is 481 g/mol. The normalized spacial score (nSPS) is 11.1. The van der Waals surface area contributed by atoms with Gasteiger partial charge in [0.25, 0.3) is 6.43 Å². The number of fused-ring (bicyclic) bond motifs is 1. The zero-order valence-electron chi connectivity index (χ0n) is 17.3. The molecule has 2 heterocycles. The molecule has 2 aromatic carbocycles. The maximum Gasteiger partial charge on any atom is 0.272 e. The first-order valence-electron chi connectivity index (χ1n) is 9.45. The minimum absolute atomic E-state index is 0.179. The number of rotatable bonds is 10. The highest BCUT2D eigenvalue weighted by Crippen LogP contribution is 2.40. The van der Waals surface area contributed by atoms with Gasteiger partial charge in [0.05, 0.1) is 31.5 Å². The Morgan fingerprint density at radius 3 is 2.61 bits per heavy atom. The van der Waals surface area contributed by atoms with Crippen LogP contribution in [0.5, 0.6) is 17.2 Å². The standard InChI is InChI=1S/C20H18F3N5O4S/c1-29-13-4-3-5-14(31-10-17(21)22)19(13)33-27-20-11-8-16(30-2)12(9-15(11)32-26-20)24-18-6-7-28(23)25-18/h3-9,17H,10H2,1-2H3,(H,24,25)(H,26,27). The number of halogens is 3. The van der Waals surface area contributed by atoms with Crippen LogP contribution in [0.2, 0.25) is 0 Å². The number of alkyl halides is 2. The molecule has 0 atom stereocenters. The summed E-state index contributed by atoms with van der Waals surface area (Å²) in [6, 6.07) is 9.65. The summed E-state index contributed by atoms with van der Waals surface area (Å²) >= 11 is 1.07. The molecule has 33 heavy (non-hydrogen) atoms. The van der Waals surface area contributed by atoms with E-state index in [1.54, 1.807) is 30.3 Å². The van der Waals surface area contributed by atoms with Crippen molar-refractivity contribution in [2.75, 3.05) is 30.9 Å². The predicted octanol–water partition coefficient (Wildman–Crippen LogP) is 5.28. The summed E-state index contributed by atoms with van der Waals surface area (Å²) in [5.41, 5.74) is 0.904. The van der Waals surface area contributed by atoms with Crippen LogP contribution in [-0.4, -0.2) is 42.4 Å². The molecule has 0 unspecified atom stereocenters. The number of nitrogens with zero attached hydrogens (tertiary/aromatic N) is 3. The Morgan fingerprint density at radius 2 is 1.91 bits per heavy atom. The van der Waals surface area contributed by atoms with Crippen LogP contribution in [0.3, 0.4) is 0 Å². The van der Waals surface area contributed by atoms with Crippen LogP contribution in [0.4, 0.5) is 30.6 Å². The summed E-state index contributed by atoms with van der Waals surface area (Å²) in [7, 11) is 2.95. The molecule has 4 rings (SSSR count). The Bertz CT molecular complexity index is 1250. The average Bonchev–Trinajstić information content (AvgIpc) is 3.40. The molecule has 0 fully saturated rings. The van der Waals surface area contributed by atoms with E-state index in [1.807, 2.05) is 0 Å². The van der Waals surface area contributed by atoms with E-state index in [9.17, 15) is 13.3 Å². The fourth-order valence-electron chi connectivity index (χ4n) is 2.93. The zero-order chi connectivity index (χ0) is 23.4. The second-order valence-corrected chi connectivity index (χ2v) is 7.30. The Labute approximate surface area is 189 Å². The second-order valence-electron chi connectivity index (χ2n) is 6.49. The first kappa shape index (κ1) is 22.5. The minimum Gasteiger partial charge on any atom is -0.495 e. The van der Waals surface area contributed by atoms with Gasteiger partial charge in [-0.25, -0.2) is 8.78 Å². The van der Waals surface area contributed by atoms with Crippen molar-refractivity contribution in [1.82, 2.24) is 15.2 Å². The molecule has 0 amide bonds. The number of aromatic nitrogens is 3. The van der Waals surface area contributed by atoms with Gasteiger partial charge >= 0.3 is 0 Å². The predicted molar refractivity (Wildman–Crippen MR) is 117 cm³/mol. The molecule has 0 aliphatic heterocycles. The Morgan fingerprint density at radius 1 is 1.12 bits per heavy atom. The highest BCUT2D eigenvalue weighted by atomic mass is 32.2. The molecule has 2 N–H and O–H groups in total. The molecule has 174 valence electrons. The lowest BCUT2D eigenvalue weighted by atomic mass is 10.2. The van der Waals surface area contributed by atoms with Gasteiger partial charge in [-0.1, -0.05) is 15.7 Å². The fourth-order valence-corrected chi connectivity index (χ4v) is 3.76. The summed E-state index contributed by atoms with van der Waals surface area (Å²) in [6.45, 7) is -0.749. The largest absolute Gasteiger partial charge is 0.495 e. The number of nitrogens with one attached hydrogen (secondary N) is 2. The first-order chi connectivity index (χ1) is 16.0. The van der Waals surface area contributed by atoms with Gasteiger partial charge in [-0.3, -0.25) is 0 Å². The van der Waals surface area contributed by atoms with Gasteiger partial charge in [0.15, 0.2) is 17.2 Å². The molecule has 2 aromatic heterocycles. The summed E-state index contributed by atoms with van der Waals surface area (Å²) in [5, 5.41) is 11.2. The molecule has 0 aliphatic carbocycles. The molecule has 0 saturated carbocycles. The molecule has 0 saturated heterocycles. The number of benzene rings is 2. The van der Waals surface area contributed by atoms with E-state index in [1.165, 1.54) is 20.3 Å². The van der Waals surface area contributed by atoms with E-state index in [0.29, 0.717) is 38.9 Å². The molecule has 0 spiro atoms. The van der Waals surface area contributed by atoms with Crippen molar-refractivity contribution in [2.45, 2.75) is 11.3 Å². The molecule has 4 aromatic rings. The lowest BCUT2D eigenvalue weighted by Gasteiger charge is -2.14. The van der Waals surface area contributed by atoms with Crippen LogP contribution < -0.4 is 24.2 Å². The van der Waals surface area contributed by atoms with Crippen LogP contribution in [0, 0.1) is 0 Å². The topological polar surface area (TPSA) is 95.6 Å². The molecular weight excluding hydrogens is 463 g/mol. The van der Waals surface area contributed by atoms with Crippen molar-refractivity contribution in [3.05, 3.63) is 42.6 Å². The average molecular weight is 481 g/mol. The minimum atomic E-state index is -2.62. The summed E-state index contributed by atoms with van der Waals surface area (Å²) in [6.07, 6.45) is -1.46. The SMILES string of the molecule is COc1cc2c(NSc3c(OC)cccc3OCC(F)F)noc2cc1Nc1ccn(F)n1.